The van der Waals surface area contributed by atoms with Crippen LogP contribution in [0.15, 0.2) is 30.5 Å². The zero-order valence-electron chi connectivity index (χ0n) is 17.1. The molecule has 0 saturated carbocycles. The summed E-state index contributed by atoms with van der Waals surface area (Å²) in [5.74, 6) is -0.354. The monoisotopic (exact) mass is 432 g/mol. The minimum Gasteiger partial charge on any atom is -0.444 e. The lowest BCUT2D eigenvalue weighted by molar-refractivity contribution is -0.119. The average molecular weight is 433 g/mol. The summed E-state index contributed by atoms with van der Waals surface area (Å²) in [6.45, 7) is 6.05. The van der Waals surface area contributed by atoms with E-state index in [1.54, 1.807) is 50.1 Å². The molecule has 1 aromatic heterocycles. The lowest BCUT2D eigenvalue weighted by Gasteiger charge is -2.37. The number of pyridine rings is 1. The number of carbonyl (C=O) groups is 3. The van der Waals surface area contributed by atoms with Crippen LogP contribution in [0.2, 0.25) is 5.02 Å². The molecule has 9 heteroatoms. The molecule has 160 valence electrons. The van der Waals surface area contributed by atoms with Crippen LogP contribution >= 0.6 is 11.6 Å². The van der Waals surface area contributed by atoms with Gasteiger partial charge in [0.15, 0.2) is 0 Å². The number of ether oxygens (including phenoxy) is 1. The van der Waals surface area contributed by atoms with Crippen LogP contribution in [0.3, 0.4) is 0 Å². The van der Waals surface area contributed by atoms with E-state index in [1.165, 1.54) is 0 Å². The van der Waals surface area contributed by atoms with Gasteiger partial charge in [0.1, 0.15) is 11.3 Å². The number of rotatable bonds is 4. The largest absolute Gasteiger partial charge is 0.444 e. The van der Waals surface area contributed by atoms with Crippen molar-refractivity contribution in [2.45, 2.75) is 44.9 Å². The third kappa shape index (κ3) is 5.60. The van der Waals surface area contributed by atoms with Gasteiger partial charge >= 0.3 is 6.09 Å². The molecule has 1 saturated heterocycles. The van der Waals surface area contributed by atoms with E-state index in [-0.39, 0.29) is 24.2 Å². The molecular weight excluding hydrogens is 408 g/mol. The maximum atomic E-state index is 12.8. The Morgan fingerprint density at radius 3 is 2.67 bits per heavy atom. The minimum absolute atomic E-state index is 0.263. The van der Waals surface area contributed by atoms with Crippen molar-refractivity contribution < 1.29 is 19.1 Å². The number of hydrogen-bond donors (Lipinski definition) is 2. The van der Waals surface area contributed by atoms with E-state index in [4.69, 9.17) is 16.3 Å². The number of benzene rings is 1. The van der Waals surface area contributed by atoms with Crippen molar-refractivity contribution in [1.82, 2.24) is 20.5 Å². The quantitative estimate of drug-likeness (QED) is 0.723. The molecule has 30 heavy (non-hydrogen) atoms. The number of alkyl carbamates (subject to hydrolysis) is 1. The number of carbonyl (C=O) groups excluding carboxylic acids is 3. The SMILES string of the molecule is CC(C)(C)OC(=O)N[C@@H]1CN(C=O)CC[C@@H]1NC(=O)c1cc2ccc(Cl)cc2cn1. The highest BCUT2D eigenvalue weighted by atomic mass is 35.5. The molecule has 1 fully saturated rings. The Morgan fingerprint density at radius 1 is 1.20 bits per heavy atom. The van der Waals surface area contributed by atoms with Gasteiger partial charge in [0.25, 0.3) is 5.91 Å². The standard InChI is InChI=1S/C21H25ClN4O4/c1-21(2,3)30-20(29)25-18-11-26(12-27)7-6-16(18)24-19(28)17-9-13-4-5-15(22)8-14(13)10-23-17/h4-5,8-10,12,16,18H,6-7,11H2,1-3H3,(H,24,28)(H,25,29)/t16-,18+/m0/s1. The molecule has 0 spiro atoms. The van der Waals surface area contributed by atoms with Gasteiger partial charge in [-0.15, -0.1) is 0 Å². The number of nitrogens with zero attached hydrogens (tertiary/aromatic N) is 2. The Hall–Kier alpha value is -2.87. The first kappa shape index (κ1) is 21.8. The molecule has 0 radical (unpaired) electrons. The predicted octanol–water partition coefficient (Wildman–Crippen LogP) is 2.74. The molecule has 2 atom stereocenters. The topological polar surface area (TPSA) is 101 Å². The van der Waals surface area contributed by atoms with Crippen LogP contribution in [0, 0.1) is 0 Å². The fourth-order valence-corrected chi connectivity index (χ4v) is 3.51. The second-order valence-corrected chi connectivity index (χ2v) is 8.72. The molecule has 0 bridgehead atoms. The van der Waals surface area contributed by atoms with Crippen molar-refractivity contribution >= 4 is 40.8 Å². The highest BCUT2D eigenvalue weighted by Gasteiger charge is 2.32. The smallest absolute Gasteiger partial charge is 0.408 e. The number of amides is 3. The van der Waals surface area contributed by atoms with Crippen LogP contribution in [0.1, 0.15) is 37.7 Å². The van der Waals surface area contributed by atoms with Gasteiger partial charge in [0.2, 0.25) is 6.41 Å². The molecule has 1 aliphatic heterocycles. The van der Waals surface area contributed by atoms with Gasteiger partial charge in [-0.25, -0.2) is 4.79 Å². The Labute approximate surface area is 179 Å². The van der Waals surface area contributed by atoms with E-state index in [0.29, 0.717) is 18.0 Å². The predicted molar refractivity (Wildman–Crippen MR) is 113 cm³/mol. The normalized spacial score (nSPS) is 19.3. The number of aromatic nitrogens is 1. The minimum atomic E-state index is -0.653. The summed E-state index contributed by atoms with van der Waals surface area (Å²) >= 11 is 5.99. The maximum absolute atomic E-state index is 12.8. The van der Waals surface area contributed by atoms with Gasteiger partial charge in [-0.2, -0.15) is 0 Å². The molecule has 0 unspecified atom stereocenters. The second-order valence-electron chi connectivity index (χ2n) is 8.28. The first-order chi connectivity index (χ1) is 14.1. The van der Waals surface area contributed by atoms with Gasteiger partial charge in [-0.1, -0.05) is 17.7 Å². The molecule has 1 aromatic carbocycles. The van der Waals surface area contributed by atoms with Crippen molar-refractivity contribution in [2.24, 2.45) is 0 Å². The van der Waals surface area contributed by atoms with Gasteiger partial charge < -0.3 is 20.3 Å². The number of piperidine rings is 1. The summed E-state index contributed by atoms with van der Waals surface area (Å²) in [6, 6.07) is 6.19. The third-order valence-electron chi connectivity index (χ3n) is 4.73. The molecule has 2 N–H and O–H groups in total. The zero-order valence-corrected chi connectivity index (χ0v) is 17.9. The zero-order chi connectivity index (χ0) is 21.9. The summed E-state index contributed by atoms with van der Waals surface area (Å²) in [7, 11) is 0. The lowest BCUT2D eigenvalue weighted by atomic mass is 9.99. The molecule has 0 aliphatic carbocycles. The molecule has 3 amide bonds. The van der Waals surface area contributed by atoms with Crippen LogP contribution in [0.25, 0.3) is 10.8 Å². The van der Waals surface area contributed by atoms with E-state index < -0.39 is 17.7 Å². The second kappa shape index (κ2) is 8.87. The Balaban J connectivity index is 1.73. The number of nitrogens with one attached hydrogen (secondary N) is 2. The van der Waals surface area contributed by atoms with Crippen LogP contribution < -0.4 is 10.6 Å². The Kier molecular flexibility index (Phi) is 6.45. The van der Waals surface area contributed by atoms with Crippen LogP contribution in [-0.4, -0.2) is 59.1 Å². The number of halogens is 1. The Morgan fingerprint density at radius 2 is 1.97 bits per heavy atom. The number of hydrogen-bond acceptors (Lipinski definition) is 5. The van der Waals surface area contributed by atoms with Gasteiger partial charge in [0.05, 0.1) is 12.1 Å². The molecule has 8 nitrogen and oxygen atoms in total. The average Bonchev–Trinajstić information content (AvgIpc) is 2.67. The van der Waals surface area contributed by atoms with Crippen LogP contribution in [-0.2, 0) is 9.53 Å². The highest BCUT2D eigenvalue weighted by molar-refractivity contribution is 6.31. The summed E-state index contributed by atoms with van der Waals surface area (Å²) < 4.78 is 5.31. The van der Waals surface area contributed by atoms with Crippen molar-refractivity contribution in [3.63, 3.8) is 0 Å². The van der Waals surface area contributed by atoms with Gasteiger partial charge in [0, 0.05) is 29.7 Å². The third-order valence-corrected chi connectivity index (χ3v) is 4.96. The fourth-order valence-electron chi connectivity index (χ4n) is 3.33. The lowest BCUT2D eigenvalue weighted by Crippen LogP contribution is -2.60. The van der Waals surface area contributed by atoms with Gasteiger partial charge in [-0.05, 0) is 50.8 Å². The first-order valence-corrected chi connectivity index (χ1v) is 10.1. The van der Waals surface area contributed by atoms with E-state index in [2.05, 4.69) is 15.6 Å². The maximum Gasteiger partial charge on any atom is 0.408 e. The summed E-state index contributed by atoms with van der Waals surface area (Å²) in [5.41, 5.74) is -0.390. The highest BCUT2D eigenvalue weighted by Crippen LogP contribution is 2.20. The van der Waals surface area contributed by atoms with Crippen LogP contribution in [0.4, 0.5) is 4.79 Å². The van der Waals surface area contributed by atoms with E-state index in [9.17, 15) is 14.4 Å². The molecule has 2 aromatic rings. The summed E-state index contributed by atoms with van der Waals surface area (Å²) in [5, 5.41) is 7.98. The van der Waals surface area contributed by atoms with E-state index >= 15 is 0 Å². The molecule has 2 heterocycles. The van der Waals surface area contributed by atoms with Crippen molar-refractivity contribution in [2.75, 3.05) is 13.1 Å². The summed E-state index contributed by atoms with van der Waals surface area (Å²) in [4.78, 5) is 42.0. The van der Waals surface area contributed by atoms with Crippen molar-refractivity contribution in [3.8, 4) is 0 Å². The number of fused-ring (bicyclic) bond motifs is 1. The molecule has 3 rings (SSSR count). The molecule has 1 aliphatic rings. The van der Waals surface area contributed by atoms with Crippen molar-refractivity contribution in [1.29, 1.82) is 0 Å². The Bertz CT molecular complexity index is 960. The summed E-state index contributed by atoms with van der Waals surface area (Å²) in [6.07, 6.45) is 2.23. The molecular formula is C21H25ClN4O4. The number of likely N-dealkylation sites (tertiary alicyclic amines) is 1. The van der Waals surface area contributed by atoms with E-state index in [0.717, 1.165) is 17.2 Å². The van der Waals surface area contributed by atoms with E-state index in [1.807, 2.05) is 6.07 Å². The van der Waals surface area contributed by atoms with Gasteiger partial charge in [-0.3, -0.25) is 14.6 Å². The van der Waals surface area contributed by atoms with Crippen LogP contribution in [0.5, 0.6) is 0 Å². The first-order valence-electron chi connectivity index (χ1n) is 9.69. The van der Waals surface area contributed by atoms with Crippen molar-refractivity contribution in [3.05, 3.63) is 41.2 Å². The fraction of sp³-hybridized carbons (Fsp3) is 0.429.